The third kappa shape index (κ3) is 3.85. The summed E-state index contributed by atoms with van der Waals surface area (Å²) >= 11 is 0. The number of hydrogen-bond donors (Lipinski definition) is 0. The monoisotopic (exact) mass is 138 g/mol. The topological polar surface area (TPSA) is 34.1 Å². The van der Waals surface area contributed by atoms with E-state index in [9.17, 15) is 9.59 Å². The van der Waals surface area contributed by atoms with Crippen LogP contribution in [0.25, 0.3) is 0 Å². The molecule has 0 aliphatic rings. The van der Waals surface area contributed by atoms with Gasteiger partial charge in [0.05, 0.1) is 0 Å². The Labute approximate surface area is 60.6 Å². The summed E-state index contributed by atoms with van der Waals surface area (Å²) in [7, 11) is 0. The van der Waals surface area contributed by atoms with E-state index in [1.807, 2.05) is 5.92 Å². The number of carbonyl (C=O) groups excluding carboxylic acids is 2. The fourth-order valence-electron chi connectivity index (χ4n) is 0.502. The Hall–Kier alpha value is -1.10. The summed E-state index contributed by atoms with van der Waals surface area (Å²) in [5.41, 5.74) is 0. The third-order valence-electron chi connectivity index (χ3n) is 1.19. The molecule has 0 saturated heterocycles. The molecule has 0 rings (SSSR count). The van der Waals surface area contributed by atoms with Crippen LogP contribution in [0.5, 0.6) is 0 Å². The van der Waals surface area contributed by atoms with Crippen LogP contribution in [0, 0.1) is 12.3 Å². The van der Waals surface area contributed by atoms with E-state index >= 15 is 0 Å². The molecule has 10 heavy (non-hydrogen) atoms. The van der Waals surface area contributed by atoms with E-state index < -0.39 is 0 Å². The van der Waals surface area contributed by atoms with Crippen LogP contribution in [0.15, 0.2) is 0 Å². The van der Waals surface area contributed by atoms with Gasteiger partial charge in [-0.05, 0) is 5.92 Å². The van der Waals surface area contributed by atoms with Gasteiger partial charge in [-0.25, -0.2) is 0 Å². The number of Topliss-reactive ketones (excluding diaryl/α,β-unsaturated/α-hetero) is 2. The van der Waals surface area contributed by atoms with Gasteiger partial charge in [-0.1, -0.05) is 6.92 Å². The van der Waals surface area contributed by atoms with E-state index in [0.717, 1.165) is 0 Å². The van der Waals surface area contributed by atoms with E-state index in [0.29, 0.717) is 12.8 Å². The molecule has 0 atom stereocenters. The average molecular weight is 138 g/mol. The molecule has 0 radical (unpaired) electrons. The average Bonchev–Trinajstić information content (AvgIpc) is 1.99. The second-order valence-corrected chi connectivity index (χ2v) is 1.96. The number of hydrogen-bond acceptors (Lipinski definition) is 2. The van der Waals surface area contributed by atoms with Gasteiger partial charge in [0, 0.05) is 19.3 Å². The van der Waals surface area contributed by atoms with Crippen LogP contribution in [0.2, 0.25) is 0 Å². The summed E-state index contributed by atoms with van der Waals surface area (Å²) in [6.07, 6.45) is 5.76. The minimum absolute atomic E-state index is 0.0867. The van der Waals surface area contributed by atoms with Crippen molar-refractivity contribution in [2.45, 2.75) is 26.2 Å². The van der Waals surface area contributed by atoms with Gasteiger partial charge in [0.2, 0.25) is 5.78 Å². The Morgan fingerprint density at radius 3 is 2.40 bits per heavy atom. The Morgan fingerprint density at radius 1 is 1.40 bits per heavy atom. The maximum atomic E-state index is 10.6. The molecule has 0 aliphatic carbocycles. The highest BCUT2D eigenvalue weighted by Gasteiger charge is 2.01. The zero-order valence-electron chi connectivity index (χ0n) is 6.02. The van der Waals surface area contributed by atoms with Crippen LogP contribution in [-0.4, -0.2) is 11.6 Å². The summed E-state index contributed by atoms with van der Waals surface area (Å²) < 4.78 is 0. The van der Waals surface area contributed by atoms with Crippen LogP contribution < -0.4 is 0 Å². The van der Waals surface area contributed by atoms with Crippen LogP contribution >= 0.6 is 0 Å². The minimum Gasteiger partial charge on any atom is -0.300 e. The molecule has 0 saturated carbocycles. The summed E-state index contributed by atoms with van der Waals surface area (Å²) in [5.74, 6) is 1.75. The summed E-state index contributed by atoms with van der Waals surface area (Å²) in [4.78, 5) is 21.1. The van der Waals surface area contributed by atoms with E-state index in [1.54, 1.807) is 6.92 Å². The fourth-order valence-corrected chi connectivity index (χ4v) is 0.502. The summed E-state index contributed by atoms with van der Waals surface area (Å²) in [6, 6.07) is 0. The molecule has 0 spiro atoms. The lowest BCUT2D eigenvalue weighted by molar-refractivity contribution is -0.121. The van der Waals surface area contributed by atoms with E-state index in [-0.39, 0.29) is 18.0 Å². The van der Waals surface area contributed by atoms with Crippen LogP contribution in [0.4, 0.5) is 0 Å². The molecule has 0 bridgehead atoms. The summed E-state index contributed by atoms with van der Waals surface area (Å²) in [6.45, 7) is 1.77. The maximum absolute atomic E-state index is 10.6. The smallest absolute Gasteiger partial charge is 0.205 e. The first-order valence-electron chi connectivity index (χ1n) is 3.21. The van der Waals surface area contributed by atoms with Gasteiger partial charge >= 0.3 is 0 Å². The highest BCUT2D eigenvalue weighted by atomic mass is 16.1. The van der Waals surface area contributed by atoms with Crippen molar-refractivity contribution in [1.82, 2.24) is 0 Å². The molecule has 0 heterocycles. The second-order valence-electron chi connectivity index (χ2n) is 1.96. The molecule has 0 amide bonds. The molecular weight excluding hydrogens is 128 g/mol. The largest absolute Gasteiger partial charge is 0.300 e. The van der Waals surface area contributed by atoms with E-state index in [4.69, 9.17) is 6.42 Å². The Bertz CT molecular complexity index is 174. The molecule has 0 aromatic rings. The standard InChI is InChI=1S/C8H10O2/c1-3-7(9)5-6-8(10)4-2/h1H,4-6H2,2H3. The van der Waals surface area contributed by atoms with Crippen LogP contribution in [0.3, 0.4) is 0 Å². The van der Waals surface area contributed by atoms with Crippen LogP contribution in [-0.2, 0) is 9.59 Å². The molecule has 0 aromatic carbocycles. The number of terminal acetylenes is 1. The molecule has 2 nitrogen and oxygen atoms in total. The van der Waals surface area contributed by atoms with Crippen molar-refractivity contribution in [2.75, 3.05) is 0 Å². The van der Waals surface area contributed by atoms with Crippen molar-refractivity contribution in [3.05, 3.63) is 0 Å². The van der Waals surface area contributed by atoms with Gasteiger partial charge in [-0.3, -0.25) is 9.59 Å². The lowest BCUT2D eigenvalue weighted by atomic mass is 10.1. The highest BCUT2D eigenvalue weighted by Crippen LogP contribution is 1.94. The lowest BCUT2D eigenvalue weighted by Gasteiger charge is -1.90. The molecule has 0 aromatic heterocycles. The molecule has 54 valence electrons. The first-order chi connectivity index (χ1) is 4.70. The van der Waals surface area contributed by atoms with E-state index in [2.05, 4.69) is 0 Å². The molecule has 0 aliphatic heterocycles. The Balaban J connectivity index is 3.48. The molecule has 0 fully saturated rings. The van der Waals surface area contributed by atoms with Crippen molar-refractivity contribution in [2.24, 2.45) is 0 Å². The maximum Gasteiger partial charge on any atom is 0.205 e. The van der Waals surface area contributed by atoms with Gasteiger partial charge in [-0.15, -0.1) is 6.42 Å². The first kappa shape index (κ1) is 8.90. The predicted molar refractivity (Wildman–Crippen MR) is 38.4 cm³/mol. The third-order valence-corrected chi connectivity index (χ3v) is 1.19. The van der Waals surface area contributed by atoms with Gasteiger partial charge in [0.15, 0.2) is 0 Å². The van der Waals surface area contributed by atoms with Crippen molar-refractivity contribution in [3.63, 3.8) is 0 Å². The zero-order valence-corrected chi connectivity index (χ0v) is 6.02. The lowest BCUT2D eigenvalue weighted by Crippen LogP contribution is -2.00. The Kier molecular flexibility index (Phi) is 4.23. The van der Waals surface area contributed by atoms with Crippen molar-refractivity contribution < 1.29 is 9.59 Å². The van der Waals surface area contributed by atoms with Crippen LogP contribution in [0.1, 0.15) is 26.2 Å². The van der Waals surface area contributed by atoms with E-state index in [1.165, 1.54) is 0 Å². The van der Waals surface area contributed by atoms with Gasteiger partial charge < -0.3 is 0 Å². The van der Waals surface area contributed by atoms with Gasteiger partial charge in [0.25, 0.3) is 0 Å². The zero-order chi connectivity index (χ0) is 7.98. The number of rotatable bonds is 4. The van der Waals surface area contributed by atoms with Gasteiger partial charge in [-0.2, -0.15) is 0 Å². The fraction of sp³-hybridized carbons (Fsp3) is 0.500. The quantitative estimate of drug-likeness (QED) is 0.428. The van der Waals surface area contributed by atoms with Gasteiger partial charge in [0.1, 0.15) is 5.78 Å². The predicted octanol–water partition coefficient (Wildman–Crippen LogP) is 0.948. The molecular formula is C8H10O2. The molecule has 2 heteroatoms. The number of carbonyl (C=O) groups is 2. The summed E-state index contributed by atoms with van der Waals surface area (Å²) in [5, 5.41) is 0. The normalized spacial score (nSPS) is 8.40. The minimum atomic E-state index is -0.290. The number of ketones is 2. The van der Waals surface area contributed by atoms with Crippen molar-refractivity contribution in [3.8, 4) is 12.3 Å². The van der Waals surface area contributed by atoms with Crippen molar-refractivity contribution >= 4 is 11.6 Å². The SMILES string of the molecule is C#CC(=O)CCC(=O)CC. The Morgan fingerprint density at radius 2 is 2.00 bits per heavy atom. The molecule has 0 unspecified atom stereocenters. The first-order valence-corrected chi connectivity index (χ1v) is 3.21. The molecule has 0 N–H and O–H groups in total. The highest BCUT2D eigenvalue weighted by molar-refractivity contribution is 5.97. The second kappa shape index (κ2) is 4.75. The van der Waals surface area contributed by atoms with Crippen molar-refractivity contribution in [1.29, 1.82) is 0 Å².